The molecule has 0 atom stereocenters. The Morgan fingerprint density at radius 2 is 1.11 bits per heavy atom. The number of ether oxygens (including phenoxy) is 2. The molecule has 0 saturated carbocycles. The third kappa shape index (κ3) is 7.62. The summed E-state index contributed by atoms with van der Waals surface area (Å²) in [5.74, 6) is -2.29. The van der Waals surface area contributed by atoms with Crippen LogP contribution in [-0.2, 0) is 19.1 Å². The zero-order chi connectivity index (χ0) is 26.8. The lowest BCUT2D eigenvalue weighted by Gasteiger charge is -2.07. The van der Waals surface area contributed by atoms with Gasteiger partial charge in [-0.2, -0.15) is 0 Å². The van der Waals surface area contributed by atoms with Crippen LogP contribution in [0.5, 0.6) is 0 Å². The van der Waals surface area contributed by atoms with Crippen molar-refractivity contribution in [1.29, 1.82) is 0 Å². The predicted octanol–water partition coefficient (Wildman–Crippen LogP) is 7.53. The van der Waals surface area contributed by atoms with Crippen molar-refractivity contribution in [1.82, 2.24) is 0 Å². The standard InChI is InChI=1S/C24H24Cl2N4O6/c1-5-35-23(33)21(13(3)31)29-27-19-9-7-15(11-17(19)25)16-8-10-20(18(26)12-16)28-30-22(14(4)32)24(34)36-6-2/h7-12,31-32H,5-6H2,1-4H3/b21-13-,22-14-,29-27?,30-28?. The van der Waals surface area contributed by atoms with Crippen LogP contribution in [-0.4, -0.2) is 35.4 Å². The van der Waals surface area contributed by atoms with Gasteiger partial charge in [0.2, 0.25) is 11.4 Å². The second kappa shape index (κ2) is 13.4. The molecule has 2 aromatic rings. The Kier molecular flexibility index (Phi) is 10.6. The van der Waals surface area contributed by atoms with Crippen LogP contribution in [0, 0.1) is 0 Å². The van der Waals surface area contributed by atoms with Gasteiger partial charge in [0.15, 0.2) is 0 Å². The van der Waals surface area contributed by atoms with Gasteiger partial charge in [-0.1, -0.05) is 35.3 Å². The van der Waals surface area contributed by atoms with Gasteiger partial charge in [0.05, 0.1) is 23.3 Å². The highest BCUT2D eigenvalue weighted by atomic mass is 35.5. The summed E-state index contributed by atoms with van der Waals surface area (Å²) in [6.07, 6.45) is 0. The molecule has 36 heavy (non-hydrogen) atoms. The molecule has 2 rings (SSSR count). The van der Waals surface area contributed by atoms with Crippen LogP contribution in [0.4, 0.5) is 11.4 Å². The van der Waals surface area contributed by atoms with E-state index in [1.165, 1.54) is 13.8 Å². The topological polar surface area (TPSA) is 142 Å². The summed E-state index contributed by atoms with van der Waals surface area (Å²) in [4.78, 5) is 23.8. The summed E-state index contributed by atoms with van der Waals surface area (Å²) in [7, 11) is 0. The smallest absolute Gasteiger partial charge is 0.362 e. The maximum absolute atomic E-state index is 11.9. The van der Waals surface area contributed by atoms with Gasteiger partial charge in [0.1, 0.15) is 22.9 Å². The molecule has 0 aromatic heterocycles. The van der Waals surface area contributed by atoms with Crippen LogP contribution in [0.2, 0.25) is 10.0 Å². The third-order valence-corrected chi connectivity index (χ3v) is 4.97. The fraction of sp³-hybridized carbons (Fsp3) is 0.250. The summed E-state index contributed by atoms with van der Waals surface area (Å²) in [6.45, 7) is 6.08. The monoisotopic (exact) mass is 534 g/mol. The van der Waals surface area contributed by atoms with Crippen LogP contribution in [0.25, 0.3) is 11.1 Å². The molecule has 0 aliphatic carbocycles. The number of halogens is 2. The number of hydrogen-bond donors (Lipinski definition) is 2. The minimum absolute atomic E-state index is 0.119. The predicted molar refractivity (Wildman–Crippen MR) is 135 cm³/mol. The number of carbonyl (C=O) groups is 2. The van der Waals surface area contributed by atoms with Crippen molar-refractivity contribution in [3.63, 3.8) is 0 Å². The Morgan fingerprint density at radius 1 is 0.750 bits per heavy atom. The number of hydrogen-bond acceptors (Lipinski definition) is 10. The second-order valence-corrected chi connectivity index (χ2v) is 7.86. The third-order valence-electron chi connectivity index (χ3n) is 4.37. The van der Waals surface area contributed by atoms with E-state index in [1.807, 2.05) is 0 Å². The molecular weight excluding hydrogens is 511 g/mol. The Morgan fingerprint density at radius 3 is 1.39 bits per heavy atom. The fourth-order valence-corrected chi connectivity index (χ4v) is 3.10. The highest BCUT2D eigenvalue weighted by molar-refractivity contribution is 6.34. The highest BCUT2D eigenvalue weighted by Crippen LogP contribution is 2.35. The average Bonchev–Trinajstić information content (AvgIpc) is 2.81. The molecule has 0 heterocycles. The van der Waals surface area contributed by atoms with Gasteiger partial charge in [0.25, 0.3) is 0 Å². The molecule has 0 radical (unpaired) electrons. The summed E-state index contributed by atoms with van der Waals surface area (Å²) in [5, 5.41) is 35.2. The molecule has 2 aromatic carbocycles. The average molecular weight is 535 g/mol. The van der Waals surface area contributed by atoms with E-state index in [2.05, 4.69) is 20.5 Å². The number of nitrogens with zero attached hydrogens (tertiary/aromatic N) is 4. The van der Waals surface area contributed by atoms with Crippen molar-refractivity contribution in [2.24, 2.45) is 20.5 Å². The quantitative estimate of drug-likeness (QED) is 0.147. The Hall–Kier alpha value is -3.76. The maximum atomic E-state index is 11.9. The first-order chi connectivity index (χ1) is 17.1. The zero-order valence-electron chi connectivity index (χ0n) is 20.0. The number of aliphatic hydroxyl groups excluding tert-OH is 2. The SMILES string of the molecule is CCOC(=O)/C(N=Nc1ccc(-c2ccc(N=N/C(C(=O)OCC)=C(/C)O)c(Cl)c2)cc1Cl)=C(\C)O. The number of aliphatic hydroxyl groups is 2. The van der Waals surface area contributed by atoms with Crippen LogP contribution in [0.1, 0.15) is 27.7 Å². The normalized spacial score (nSPS) is 12.9. The zero-order valence-corrected chi connectivity index (χ0v) is 21.5. The molecule has 0 spiro atoms. The van der Waals surface area contributed by atoms with E-state index in [9.17, 15) is 19.8 Å². The highest BCUT2D eigenvalue weighted by Gasteiger charge is 2.16. The number of allylic oxidation sites excluding steroid dienone is 2. The number of carbonyl (C=O) groups excluding carboxylic acids is 2. The van der Waals surface area contributed by atoms with E-state index < -0.39 is 11.9 Å². The molecule has 190 valence electrons. The Labute approximate surface area is 217 Å². The van der Waals surface area contributed by atoms with Gasteiger partial charge in [-0.25, -0.2) is 9.59 Å². The number of benzene rings is 2. The van der Waals surface area contributed by atoms with E-state index in [0.29, 0.717) is 11.1 Å². The van der Waals surface area contributed by atoms with E-state index in [-0.39, 0.29) is 57.5 Å². The summed E-state index contributed by atoms with van der Waals surface area (Å²) < 4.78 is 9.68. The molecule has 12 heteroatoms. The molecule has 0 fully saturated rings. The first kappa shape index (κ1) is 28.5. The van der Waals surface area contributed by atoms with Crippen LogP contribution >= 0.6 is 23.2 Å². The lowest BCUT2D eigenvalue weighted by atomic mass is 10.1. The van der Waals surface area contributed by atoms with Crippen molar-refractivity contribution in [2.45, 2.75) is 27.7 Å². The first-order valence-corrected chi connectivity index (χ1v) is 11.4. The number of rotatable bonds is 9. The van der Waals surface area contributed by atoms with Crippen LogP contribution in [0.3, 0.4) is 0 Å². The van der Waals surface area contributed by atoms with Crippen molar-refractivity contribution in [3.05, 3.63) is 69.4 Å². The van der Waals surface area contributed by atoms with Gasteiger partial charge in [-0.15, -0.1) is 20.5 Å². The van der Waals surface area contributed by atoms with Gasteiger partial charge >= 0.3 is 11.9 Å². The Balaban J connectivity index is 2.29. The fourth-order valence-electron chi connectivity index (χ4n) is 2.66. The molecular formula is C24H24Cl2N4O6. The molecule has 0 aliphatic rings. The van der Waals surface area contributed by atoms with Gasteiger partial charge in [-0.3, -0.25) is 0 Å². The van der Waals surface area contributed by atoms with Crippen molar-refractivity contribution in [3.8, 4) is 11.1 Å². The van der Waals surface area contributed by atoms with Crippen LogP contribution in [0.15, 0.2) is 79.8 Å². The summed E-state index contributed by atoms with van der Waals surface area (Å²) >= 11 is 12.7. The number of esters is 2. The minimum Gasteiger partial charge on any atom is -0.510 e. The van der Waals surface area contributed by atoms with E-state index in [1.54, 1.807) is 50.2 Å². The molecule has 0 saturated heterocycles. The van der Waals surface area contributed by atoms with Crippen molar-refractivity contribution < 1.29 is 29.3 Å². The largest absolute Gasteiger partial charge is 0.510 e. The molecule has 2 N–H and O–H groups in total. The van der Waals surface area contributed by atoms with Crippen molar-refractivity contribution in [2.75, 3.05) is 13.2 Å². The van der Waals surface area contributed by atoms with E-state index >= 15 is 0 Å². The van der Waals surface area contributed by atoms with E-state index in [4.69, 9.17) is 32.7 Å². The van der Waals surface area contributed by atoms with Gasteiger partial charge < -0.3 is 19.7 Å². The maximum Gasteiger partial charge on any atom is 0.362 e. The first-order valence-electron chi connectivity index (χ1n) is 10.7. The van der Waals surface area contributed by atoms with Gasteiger partial charge in [0, 0.05) is 0 Å². The van der Waals surface area contributed by atoms with Crippen molar-refractivity contribution >= 4 is 46.5 Å². The van der Waals surface area contributed by atoms with E-state index in [0.717, 1.165) is 0 Å². The second-order valence-electron chi connectivity index (χ2n) is 7.04. The summed E-state index contributed by atoms with van der Waals surface area (Å²) in [6, 6.07) is 9.84. The minimum atomic E-state index is -0.806. The lowest BCUT2D eigenvalue weighted by molar-refractivity contribution is -0.139. The molecule has 10 nitrogen and oxygen atoms in total. The molecule has 0 bridgehead atoms. The number of azo groups is 2. The van der Waals surface area contributed by atoms with Gasteiger partial charge in [-0.05, 0) is 63.1 Å². The Bertz CT molecular complexity index is 1170. The molecule has 0 amide bonds. The lowest BCUT2D eigenvalue weighted by Crippen LogP contribution is -2.07. The molecule has 0 aliphatic heterocycles. The summed E-state index contributed by atoms with van der Waals surface area (Å²) in [5.41, 5.74) is 1.26. The molecule has 0 unspecified atom stereocenters. The van der Waals surface area contributed by atoms with Crippen LogP contribution < -0.4 is 0 Å².